The van der Waals surface area contributed by atoms with Crippen molar-refractivity contribution in [2.24, 2.45) is 17.6 Å². The Labute approximate surface area is 125 Å². The first-order valence-electron chi connectivity index (χ1n) is 8.68. The zero-order valence-corrected chi connectivity index (χ0v) is 13.5. The number of amides is 1. The van der Waals surface area contributed by atoms with Gasteiger partial charge in [-0.15, -0.1) is 0 Å². The predicted octanol–water partition coefficient (Wildman–Crippen LogP) is 3.62. The smallest absolute Gasteiger partial charge is 0.220 e. The summed E-state index contributed by atoms with van der Waals surface area (Å²) in [5.74, 6) is 1.77. The zero-order chi connectivity index (χ0) is 14.8. The van der Waals surface area contributed by atoms with Crippen molar-refractivity contribution in [2.75, 3.05) is 6.54 Å². The number of carbonyl (C=O) groups is 1. The van der Waals surface area contributed by atoms with E-state index >= 15 is 0 Å². The summed E-state index contributed by atoms with van der Waals surface area (Å²) in [6, 6.07) is 0.435. The molecule has 0 saturated heterocycles. The Balaban J connectivity index is 2.16. The number of hydrogen-bond acceptors (Lipinski definition) is 2. The summed E-state index contributed by atoms with van der Waals surface area (Å²) in [6.07, 6.45) is 11.4. The molecule has 0 aromatic rings. The van der Waals surface area contributed by atoms with Crippen LogP contribution in [0.2, 0.25) is 0 Å². The highest BCUT2D eigenvalue weighted by Gasteiger charge is 2.21. The molecule has 1 rings (SSSR count). The molecule has 0 aromatic carbocycles. The average Bonchev–Trinajstić information content (AvgIpc) is 2.46. The average molecular weight is 282 g/mol. The first kappa shape index (κ1) is 17.5. The summed E-state index contributed by atoms with van der Waals surface area (Å²) in [5, 5.41) is 3.23. The van der Waals surface area contributed by atoms with Crippen LogP contribution in [0.5, 0.6) is 0 Å². The fourth-order valence-corrected chi connectivity index (χ4v) is 3.43. The van der Waals surface area contributed by atoms with Gasteiger partial charge in [-0.2, -0.15) is 0 Å². The summed E-state index contributed by atoms with van der Waals surface area (Å²) < 4.78 is 0. The second-order valence-corrected chi connectivity index (χ2v) is 6.46. The maximum atomic E-state index is 12.0. The van der Waals surface area contributed by atoms with E-state index in [9.17, 15) is 4.79 Å². The SMILES string of the molecule is CCCC1CCC(NC(=O)CCC(CC)CCN)CC1. The van der Waals surface area contributed by atoms with E-state index in [2.05, 4.69) is 19.2 Å². The van der Waals surface area contributed by atoms with Crippen LogP contribution in [0.1, 0.15) is 78.1 Å². The van der Waals surface area contributed by atoms with Crippen LogP contribution in [-0.4, -0.2) is 18.5 Å². The number of rotatable bonds is 9. The molecule has 0 bridgehead atoms. The lowest BCUT2D eigenvalue weighted by Gasteiger charge is -2.29. The van der Waals surface area contributed by atoms with Crippen LogP contribution in [0.4, 0.5) is 0 Å². The lowest BCUT2D eigenvalue weighted by atomic mass is 9.83. The van der Waals surface area contributed by atoms with Gasteiger partial charge in [-0.25, -0.2) is 0 Å². The van der Waals surface area contributed by atoms with Gasteiger partial charge in [-0.3, -0.25) is 4.79 Å². The molecule has 1 amide bonds. The van der Waals surface area contributed by atoms with Crippen LogP contribution < -0.4 is 11.1 Å². The van der Waals surface area contributed by atoms with Gasteiger partial charge in [0.1, 0.15) is 0 Å². The second kappa shape index (κ2) is 10.2. The van der Waals surface area contributed by atoms with Crippen molar-refractivity contribution in [2.45, 2.75) is 84.1 Å². The van der Waals surface area contributed by atoms with Crippen molar-refractivity contribution in [1.29, 1.82) is 0 Å². The molecular formula is C17H34N2O. The molecule has 1 saturated carbocycles. The standard InChI is InChI=1S/C17H34N2O/c1-3-5-15-6-9-16(10-7-15)19-17(20)11-8-14(4-2)12-13-18/h14-16H,3-13,18H2,1-2H3,(H,19,20). The number of nitrogens with two attached hydrogens (primary N) is 1. The molecule has 0 heterocycles. The van der Waals surface area contributed by atoms with Gasteiger partial charge in [0.25, 0.3) is 0 Å². The molecule has 0 aliphatic heterocycles. The van der Waals surface area contributed by atoms with Crippen LogP contribution in [0.15, 0.2) is 0 Å². The van der Waals surface area contributed by atoms with Crippen LogP contribution in [0, 0.1) is 11.8 Å². The summed E-state index contributed by atoms with van der Waals surface area (Å²) in [5.41, 5.74) is 5.60. The lowest BCUT2D eigenvalue weighted by molar-refractivity contribution is -0.122. The third-order valence-corrected chi connectivity index (χ3v) is 4.84. The van der Waals surface area contributed by atoms with Crippen molar-refractivity contribution >= 4 is 5.91 Å². The highest BCUT2D eigenvalue weighted by atomic mass is 16.1. The van der Waals surface area contributed by atoms with Gasteiger partial charge in [-0.1, -0.05) is 33.1 Å². The van der Waals surface area contributed by atoms with Gasteiger partial charge >= 0.3 is 0 Å². The minimum atomic E-state index is 0.249. The second-order valence-electron chi connectivity index (χ2n) is 6.46. The van der Waals surface area contributed by atoms with Crippen molar-refractivity contribution < 1.29 is 4.79 Å². The third-order valence-electron chi connectivity index (χ3n) is 4.84. The summed E-state index contributed by atoms with van der Waals surface area (Å²) in [4.78, 5) is 12.0. The molecule has 1 aliphatic rings. The first-order valence-corrected chi connectivity index (χ1v) is 8.68. The molecule has 0 radical (unpaired) electrons. The molecule has 118 valence electrons. The van der Waals surface area contributed by atoms with Gasteiger partial charge in [0.2, 0.25) is 5.91 Å². The maximum Gasteiger partial charge on any atom is 0.220 e. The molecule has 3 nitrogen and oxygen atoms in total. The van der Waals surface area contributed by atoms with Crippen LogP contribution in [0.25, 0.3) is 0 Å². The molecule has 20 heavy (non-hydrogen) atoms. The Hall–Kier alpha value is -0.570. The van der Waals surface area contributed by atoms with E-state index in [0.717, 1.165) is 31.7 Å². The van der Waals surface area contributed by atoms with E-state index in [-0.39, 0.29) is 5.91 Å². The van der Waals surface area contributed by atoms with E-state index in [1.807, 2.05) is 0 Å². The Kier molecular flexibility index (Phi) is 8.92. The molecule has 1 fully saturated rings. The highest BCUT2D eigenvalue weighted by Crippen LogP contribution is 2.27. The molecule has 1 unspecified atom stereocenters. The van der Waals surface area contributed by atoms with E-state index in [4.69, 9.17) is 5.73 Å². The van der Waals surface area contributed by atoms with Crippen molar-refractivity contribution in [3.8, 4) is 0 Å². The first-order chi connectivity index (χ1) is 9.69. The lowest BCUT2D eigenvalue weighted by Crippen LogP contribution is -2.37. The van der Waals surface area contributed by atoms with Crippen LogP contribution in [-0.2, 0) is 4.79 Å². The monoisotopic (exact) mass is 282 g/mol. The minimum Gasteiger partial charge on any atom is -0.353 e. The Morgan fingerprint density at radius 2 is 1.90 bits per heavy atom. The maximum absolute atomic E-state index is 12.0. The van der Waals surface area contributed by atoms with E-state index in [1.54, 1.807) is 0 Å². The van der Waals surface area contributed by atoms with Gasteiger partial charge in [0, 0.05) is 12.5 Å². The van der Waals surface area contributed by atoms with Crippen LogP contribution in [0.3, 0.4) is 0 Å². The molecular weight excluding hydrogens is 248 g/mol. The Morgan fingerprint density at radius 3 is 2.45 bits per heavy atom. The van der Waals surface area contributed by atoms with E-state index in [1.165, 1.54) is 38.5 Å². The predicted molar refractivity (Wildman–Crippen MR) is 85.5 cm³/mol. The van der Waals surface area contributed by atoms with Gasteiger partial charge in [-0.05, 0) is 56.9 Å². The summed E-state index contributed by atoms with van der Waals surface area (Å²) in [7, 11) is 0. The van der Waals surface area contributed by atoms with E-state index < -0.39 is 0 Å². The molecule has 1 atom stereocenters. The van der Waals surface area contributed by atoms with Gasteiger partial charge in [0.15, 0.2) is 0 Å². The van der Waals surface area contributed by atoms with Crippen LogP contribution >= 0.6 is 0 Å². The highest BCUT2D eigenvalue weighted by molar-refractivity contribution is 5.76. The van der Waals surface area contributed by atoms with Gasteiger partial charge < -0.3 is 11.1 Å². The number of hydrogen-bond donors (Lipinski definition) is 2. The summed E-state index contributed by atoms with van der Waals surface area (Å²) >= 11 is 0. The van der Waals surface area contributed by atoms with Crippen molar-refractivity contribution in [1.82, 2.24) is 5.32 Å². The molecule has 3 heteroatoms. The fraction of sp³-hybridized carbons (Fsp3) is 0.941. The largest absolute Gasteiger partial charge is 0.353 e. The molecule has 3 N–H and O–H groups in total. The fourth-order valence-electron chi connectivity index (χ4n) is 3.43. The topological polar surface area (TPSA) is 55.1 Å². The molecule has 0 spiro atoms. The van der Waals surface area contributed by atoms with Gasteiger partial charge in [0.05, 0.1) is 0 Å². The molecule has 1 aliphatic carbocycles. The Bertz CT molecular complexity index is 260. The normalized spacial score (nSPS) is 24.4. The van der Waals surface area contributed by atoms with Crippen molar-refractivity contribution in [3.05, 3.63) is 0 Å². The van der Waals surface area contributed by atoms with Crippen molar-refractivity contribution in [3.63, 3.8) is 0 Å². The Morgan fingerprint density at radius 1 is 1.20 bits per heavy atom. The number of nitrogens with one attached hydrogen (secondary N) is 1. The third kappa shape index (κ3) is 6.74. The quantitative estimate of drug-likeness (QED) is 0.678. The summed E-state index contributed by atoms with van der Waals surface area (Å²) in [6.45, 7) is 5.19. The number of carbonyl (C=O) groups excluding carboxylic acids is 1. The zero-order valence-electron chi connectivity index (χ0n) is 13.5. The van der Waals surface area contributed by atoms with E-state index in [0.29, 0.717) is 18.4 Å². The minimum absolute atomic E-state index is 0.249. The molecule has 0 aromatic heterocycles.